The van der Waals surface area contributed by atoms with Crippen molar-refractivity contribution in [2.24, 2.45) is 0 Å². The number of nitriles is 1. The fourth-order valence-electron chi connectivity index (χ4n) is 1.35. The number of benzene rings is 1. The average molecular weight is 282 g/mol. The molecule has 0 saturated carbocycles. The maximum Gasteiger partial charge on any atom is 0.101 e. The number of hydrogen-bond donors (Lipinski definition) is 1. The summed E-state index contributed by atoms with van der Waals surface area (Å²) in [6, 6.07) is 11.2. The normalized spacial score (nSPS) is 9.93. The summed E-state index contributed by atoms with van der Waals surface area (Å²) in [6.45, 7) is 0. The summed E-state index contributed by atoms with van der Waals surface area (Å²) in [7, 11) is 0. The molecule has 1 aromatic heterocycles. The number of hydrogen-bond acceptors (Lipinski definition) is 1. The highest BCUT2D eigenvalue weighted by atomic mass is 79.9. The van der Waals surface area contributed by atoms with Gasteiger partial charge in [-0.3, -0.25) is 0 Å². The van der Waals surface area contributed by atoms with Gasteiger partial charge in [-0.2, -0.15) is 5.26 Å². The number of H-pyrrole nitrogens is 1. The van der Waals surface area contributed by atoms with Gasteiger partial charge in [0.25, 0.3) is 0 Å². The lowest BCUT2D eigenvalue weighted by atomic mass is 10.1. The third kappa shape index (κ3) is 2.06. The zero-order valence-corrected chi connectivity index (χ0v) is 9.93. The van der Waals surface area contributed by atoms with Gasteiger partial charge < -0.3 is 4.98 Å². The van der Waals surface area contributed by atoms with Gasteiger partial charge in [0.2, 0.25) is 0 Å². The van der Waals surface area contributed by atoms with E-state index in [1.54, 1.807) is 18.2 Å². The molecule has 2 aromatic rings. The Hall–Kier alpha value is -1.24. The lowest BCUT2D eigenvalue weighted by Crippen LogP contribution is -1.80. The molecule has 0 aliphatic rings. The van der Waals surface area contributed by atoms with E-state index in [4.69, 9.17) is 16.9 Å². The minimum absolute atomic E-state index is 0.615. The largest absolute Gasteiger partial charge is 0.348 e. The molecule has 0 aliphatic heterocycles. The molecule has 4 heteroatoms. The van der Waals surface area contributed by atoms with E-state index in [9.17, 15) is 0 Å². The predicted octanol–water partition coefficient (Wildman–Crippen LogP) is 3.97. The van der Waals surface area contributed by atoms with Crippen LogP contribution in [0.15, 0.2) is 34.9 Å². The highest BCUT2D eigenvalue weighted by Crippen LogP contribution is 2.26. The number of halogens is 2. The van der Waals surface area contributed by atoms with Crippen LogP contribution in [0.3, 0.4) is 0 Å². The summed E-state index contributed by atoms with van der Waals surface area (Å²) in [5, 5.41) is 9.61. The van der Waals surface area contributed by atoms with Crippen LogP contribution < -0.4 is 0 Å². The molecular weight excluding hydrogens is 275 g/mol. The molecule has 0 radical (unpaired) electrons. The van der Waals surface area contributed by atoms with Crippen molar-refractivity contribution in [2.45, 2.75) is 0 Å². The first-order valence-corrected chi connectivity index (χ1v) is 5.42. The summed E-state index contributed by atoms with van der Waals surface area (Å²) in [4.78, 5) is 3.08. The molecule has 15 heavy (non-hydrogen) atoms. The molecule has 1 N–H and O–H groups in total. The SMILES string of the molecule is N#Cc1cc(Br)[nH]c1-c1ccc(Cl)cc1. The first-order valence-electron chi connectivity index (χ1n) is 4.25. The zero-order chi connectivity index (χ0) is 10.8. The van der Waals surface area contributed by atoms with Crippen LogP contribution in [0.4, 0.5) is 0 Å². The molecule has 0 atom stereocenters. The van der Waals surface area contributed by atoms with Crippen molar-refractivity contribution in [3.8, 4) is 17.3 Å². The van der Waals surface area contributed by atoms with Gasteiger partial charge in [-0.05, 0) is 39.7 Å². The van der Waals surface area contributed by atoms with E-state index in [1.807, 2.05) is 12.1 Å². The zero-order valence-electron chi connectivity index (χ0n) is 7.59. The Labute approximate surface area is 101 Å². The van der Waals surface area contributed by atoms with Crippen LogP contribution in [0.25, 0.3) is 11.3 Å². The second-order valence-electron chi connectivity index (χ2n) is 3.02. The topological polar surface area (TPSA) is 39.6 Å². The Morgan fingerprint density at radius 2 is 1.93 bits per heavy atom. The van der Waals surface area contributed by atoms with Gasteiger partial charge in [-0.1, -0.05) is 23.7 Å². The van der Waals surface area contributed by atoms with Crippen molar-refractivity contribution >= 4 is 27.5 Å². The highest BCUT2D eigenvalue weighted by Gasteiger charge is 2.08. The van der Waals surface area contributed by atoms with Gasteiger partial charge in [0, 0.05) is 5.02 Å². The van der Waals surface area contributed by atoms with E-state index in [1.165, 1.54) is 0 Å². The molecule has 74 valence electrons. The second-order valence-corrected chi connectivity index (χ2v) is 4.32. The third-order valence-electron chi connectivity index (χ3n) is 2.04. The Balaban J connectivity index is 2.54. The number of nitrogens with zero attached hydrogens (tertiary/aromatic N) is 1. The maximum atomic E-state index is 8.93. The van der Waals surface area contributed by atoms with Crippen LogP contribution in [0.5, 0.6) is 0 Å². The standard InChI is InChI=1S/C11H6BrClN2/c12-10-5-8(6-14)11(15-10)7-1-3-9(13)4-2-7/h1-5,15H. The molecule has 0 unspecified atom stereocenters. The van der Waals surface area contributed by atoms with Gasteiger partial charge in [-0.15, -0.1) is 0 Å². The molecule has 2 nitrogen and oxygen atoms in total. The van der Waals surface area contributed by atoms with Crippen molar-refractivity contribution in [3.05, 3.63) is 45.5 Å². The van der Waals surface area contributed by atoms with E-state index < -0.39 is 0 Å². The monoisotopic (exact) mass is 280 g/mol. The van der Waals surface area contributed by atoms with Crippen LogP contribution >= 0.6 is 27.5 Å². The Morgan fingerprint density at radius 1 is 1.27 bits per heavy atom. The van der Waals surface area contributed by atoms with Gasteiger partial charge in [0.15, 0.2) is 0 Å². The van der Waals surface area contributed by atoms with Crippen molar-refractivity contribution in [2.75, 3.05) is 0 Å². The smallest absolute Gasteiger partial charge is 0.101 e. The van der Waals surface area contributed by atoms with Gasteiger partial charge in [0.1, 0.15) is 6.07 Å². The predicted molar refractivity (Wildman–Crippen MR) is 63.7 cm³/mol. The molecule has 1 heterocycles. The fraction of sp³-hybridized carbons (Fsp3) is 0. The quantitative estimate of drug-likeness (QED) is 0.844. The van der Waals surface area contributed by atoms with E-state index >= 15 is 0 Å². The van der Waals surface area contributed by atoms with Crippen molar-refractivity contribution in [3.63, 3.8) is 0 Å². The summed E-state index contributed by atoms with van der Waals surface area (Å²) < 4.78 is 0.795. The van der Waals surface area contributed by atoms with E-state index in [2.05, 4.69) is 27.0 Å². The molecule has 2 rings (SSSR count). The molecule has 1 aromatic carbocycles. The minimum atomic E-state index is 0.615. The highest BCUT2D eigenvalue weighted by molar-refractivity contribution is 9.10. The average Bonchev–Trinajstić information content (AvgIpc) is 2.61. The Kier molecular flexibility index (Phi) is 2.81. The van der Waals surface area contributed by atoms with Gasteiger partial charge >= 0.3 is 0 Å². The molecule has 0 fully saturated rings. The van der Waals surface area contributed by atoms with Crippen molar-refractivity contribution in [1.82, 2.24) is 4.98 Å². The lowest BCUT2D eigenvalue weighted by molar-refractivity contribution is 1.35. The van der Waals surface area contributed by atoms with Crippen molar-refractivity contribution in [1.29, 1.82) is 5.26 Å². The molecular formula is C11H6BrClN2. The fourth-order valence-corrected chi connectivity index (χ4v) is 1.91. The maximum absolute atomic E-state index is 8.93. The molecule has 0 saturated heterocycles. The second kappa shape index (κ2) is 4.09. The summed E-state index contributed by atoms with van der Waals surface area (Å²) in [6.07, 6.45) is 0. The lowest BCUT2D eigenvalue weighted by Gasteiger charge is -1.98. The number of aromatic amines is 1. The first kappa shape index (κ1) is 10.3. The minimum Gasteiger partial charge on any atom is -0.348 e. The van der Waals surface area contributed by atoms with Crippen LogP contribution in [-0.2, 0) is 0 Å². The number of aromatic nitrogens is 1. The number of rotatable bonds is 1. The van der Waals surface area contributed by atoms with Crippen LogP contribution in [0.2, 0.25) is 5.02 Å². The number of nitrogens with one attached hydrogen (secondary N) is 1. The van der Waals surface area contributed by atoms with Crippen LogP contribution in [-0.4, -0.2) is 4.98 Å². The molecule has 0 amide bonds. The molecule has 0 spiro atoms. The Bertz CT molecular complexity index is 523. The Morgan fingerprint density at radius 3 is 2.53 bits per heavy atom. The summed E-state index contributed by atoms with van der Waals surface area (Å²) >= 11 is 9.10. The van der Waals surface area contributed by atoms with E-state index in [0.717, 1.165) is 15.9 Å². The first-order chi connectivity index (χ1) is 7.20. The van der Waals surface area contributed by atoms with Crippen molar-refractivity contribution < 1.29 is 0 Å². The third-order valence-corrected chi connectivity index (χ3v) is 2.72. The van der Waals surface area contributed by atoms with Gasteiger partial charge in [0.05, 0.1) is 15.9 Å². The van der Waals surface area contributed by atoms with Crippen LogP contribution in [0.1, 0.15) is 5.56 Å². The summed E-state index contributed by atoms with van der Waals surface area (Å²) in [5.74, 6) is 0. The van der Waals surface area contributed by atoms with E-state index in [0.29, 0.717) is 10.6 Å². The summed E-state index contributed by atoms with van der Waals surface area (Å²) in [5.41, 5.74) is 2.37. The van der Waals surface area contributed by atoms with Crippen LogP contribution in [0, 0.1) is 11.3 Å². The van der Waals surface area contributed by atoms with Gasteiger partial charge in [-0.25, -0.2) is 0 Å². The molecule has 0 bridgehead atoms. The van der Waals surface area contributed by atoms with E-state index in [-0.39, 0.29) is 0 Å². The molecule has 0 aliphatic carbocycles.